The Morgan fingerprint density at radius 3 is 2.39 bits per heavy atom. The van der Waals surface area contributed by atoms with Gasteiger partial charge >= 0.3 is 5.97 Å². The van der Waals surface area contributed by atoms with E-state index in [-0.39, 0.29) is 17.3 Å². The molecule has 0 saturated heterocycles. The summed E-state index contributed by atoms with van der Waals surface area (Å²) in [7, 11) is 0. The predicted molar refractivity (Wildman–Crippen MR) is 112 cm³/mol. The van der Waals surface area contributed by atoms with Crippen LogP contribution in [-0.4, -0.2) is 22.0 Å². The lowest BCUT2D eigenvalue weighted by Gasteiger charge is -2.53. The van der Waals surface area contributed by atoms with E-state index in [1.807, 2.05) is 20.8 Å². The second-order valence-corrected chi connectivity index (χ2v) is 9.98. The van der Waals surface area contributed by atoms with E-state index in [0.29, 0.717) is 11.6 Å². The third kappa shape index (κ3) is 3.05. The summed E-state index contributed by atoms with van der Waals surface area (Å²) in [6, 6.07) is 4.54. The van der Waals surface area contributed by atoms with Crippen molar-refractivity contribution in [1.82, 2.24) is 0 Å². The highest BCUT2D eigenvalue weighted by Gasteiger charge is 2.55. The standard InChI is InChI=1S/C24H35NO3/c1-14(2)17-12-16-8-9-20-23(5,10-7-11-24(20,6)22(26)27)19(16)13-18(17)21(25-28)15(3)4/h12-15,20,28H,7-11H2,1-6H3,(H,26,27)/b25-21+/t20?,23-,24?/m1/s1. The third-order valence-electron chi connectivity index (χ3n) is 7.56. The maximum atomic E-state index is 12.2. The van der Waals surface area contributed by atoms with Gasteiger partial charge in [0.2, 0.25) is 0 Å². The van der Waals surface area contributed by atoms with Crippen molar-refractivity contribution in [3.05, 3.63) is 34.4 Å². The van der Waals surface area contributed by atoms with Crippen LogP contribution in [-0.2, 0) is 16.6 Å². The predicted octanol–water partition coefficient (Wildman–Crippen LogP) is 5.74. The van der Waals surface area contributed by atoms with Crippen molar-refractivity contribution >= 4 is 11.7 Å². The minimum absolute atomic E-state index is 0.114. The van der Waals surface area contributed by atoms with E-state index in [1.54, 1.807) is 0 Å². The molecule has 0 aliphatic heterocycles. The summed E-state index contributed by atoms with van der Waals surface area (Å²) in [5.41, 5.74) is 4.76. The van der Waals surface area contributed by atoms with Gasteiger partial charge in [0.25, 0.3) is 0 Å². The molecule has 0 bridgehead atoms. The fourth-order valence-electron chi connectivity index (χ4n) is 5.97. The quantitative estimate of drug-likeness (QED) is 0.394. The maximum absolute atomic E-state index is 12.2. The minimum Gasteiger partial charge on any atom is -0.481 e. The molecule has 154 valence electrons. The molecule has 2 aliphatic carbocycles. The van der Waals surface area contributed by atoms with Crippen LogP contribution in [0.3, 0.4) is 0 Å². The number of hydrogen-bond acceptors (Lipinski definition) is 3. The Morgan fingerprint density at radius 2 is 1.86 bits per heavy atom. The summed E-state index contributed by atoms with van der Waals surface area (Å²) in [6.07, 6.45) is 4.55. The molecule has 0 heterocycles. The van der Waals surface area contributed by atoms with Crippen LogP contribution in [0.1, 0.15) is 95.4 Å². The molecule has 28 heavy (non-hydrogen) atoms. The van der Waals surface area contributed by atoms with Gasteiger partial charge in [0, 0.05) is 5.56 Å². The Balaban J connectivity index is 2.22. The minimum atomic E-state index is -0.673. The number of aryl methyl sites for hydroxylation is 1. The Bertz CT molecular complexity index is 810. The number of carboxylic acid groups (broad SMARTS) is 1. The molecule has 1 aromatic carbocycles. The van der Waals surface area contributed by atoms with E-state index in [0.717, 1.165) is 37.7 Å². The highest BCUT2D eigenvalue weighted by atomic mass is 16.4. The first-order valence-corrected chi connectivity index (χ1v) is 10.7. The fraction of sp³-hybridized carbons (Fsp3) is 0.667. The topological polar surface area (TPSA) is 69.9 Å². The highest BCUT2D eigenvalue weighted by Crippen LogP contribution is 2.57. The number of hydrogen-bond donors (Lipinski definition) is 2. The first kappa shape index (κ1) is 20.9. The Kier molecular flexibility index (Phi) is 5.37. The lowest BCUT2D eigenvalue weighted by molar-refractivity contribution is -0.157. The average molecular weight is 386 g/mol. The van der Waals surface area contributed by atoms with E-state index in [1.165, 1.54) is 16.7 Å². The van der Waals surface area contributed by atoms with E-state index in [2.05, 4.69) is 38.1 Å². The van der Waals surface area contributed by atoms with Gasteiger partial charge in [0.1, 0.15) is 0 Å². The zero-order valence-electron chi connectivity index (χ0n) is 18.2. The van der Waals surface area contributed by atoms with Gasteiger partial charge in [-0.3, -0.25) is 4.79 Å². The molecule has 4 nitrogen and oxygen atoms in total. The first-order chi connectivity index (χ1) is 13.1. The molecular weight excluding hydrogens is 350 g/mol. The largest absolute Gasteiger partial charge is 0.481 e. The third-order valence-corrected chi connectivity index (χ3v) is 7.56. The summed E-state index contributed by atoms with van der Waals surface area (Å²) in [4.78, 5) is 12.2. The monoisotopic (exact) mass is 385 g/mol. The SMILES string of the molecule is CC(C)/C(=N\O)c1cc2c(cc1C(C)C)CCC1C(C)(C(=O)O)CCC[C@]21C. The van der Waals surface area contributed by atoms with Crippen molar-refractivity contribution in [3.8, 4) is 0 Å². The van der Waals surface area contributed by atoms with Gasteiger partial charge in [-0.25, -0.2) is 0 Å². The van der Waals surface area contributed by atoms with Crippen molar-refractivity contribution in [2.45, 2.75) is 85.0 Å². The molecule has 4 heteroatoms. The average Bonchev–Trinajstić information content (AvgIpc) is 2.61. The smallest absolute Gasteiger partial charge is 0.309 e. The molecule has 2 unspecified atom stereocenters. The van der Waals surface area contributed by atoms with Crippen molar-refractivity contribution in [2.75, 3.05) is 0 Å². The Labute approximate surface area is 169 Å². The van der Waals surface area contributed by atoms with Crippen LogP contribution in [0.4, 0.5) is 0 Å². The molecule has 0 radical (unpaired) electrons. The van der Waals surface area contributed by atoms with Gasteiger partial charge in [-0.1, -0.05) is 52.3 Å². The van der Waals surface area contributed by atoms with Crippen molar-refractivity contribution in [2.24, 2.45) is 22.4 Å². The van der Waals surface area contributed by atoms with Crippen LogP contribution in [0, 0.1) is 17.3 Å². The Morgan fingerprint density at radius 1 is 1.18 bits per heavy atom. The highest BCUT2D eigenvalue weighted by molar-refractivity contribution is 6.03. The van der Waals surface area contributed by atoms with Crippen LogP contribution in [0.2, 0.25) is 0 Å². The van der Waals surface area contributed by atoms with E-state index in [4.69, 9.17) is 0 Å². The van der Waals surface area contributed by atoms with Crippen molar-refractivity contribution in [1.29, 1.82) is 0 Å². The van der Waals surface area contributed by atoms with Crippen LogP contribution >= 0.6 is 0 Å². The van der Waals surface area contributed by atoms with Crippen molar-refractivity contribution in [3.63, 3.8) is 0 Å². The summed E-state index contributed by atoms with van der Waals surface area (Å²) >= 11 is 0. The molecule has 2 aliphatic rings. The molecule has 1 saturated carbocycles. The molecule has 1 fully saturated rings. The van der Waals surface area contributed by atoms with Gasteiger partial charge in [0.15, 0.2) is 0 Å². The van der Waals surface area contributed by atoms with E-state index >= 15 is 0 Å². The molecule has 2 N–H and O–H groups in total. The lowest BCUT2D eigenvalue weighted by atomic mass is 9.49. The lowest BCUT2D eigenvalue weighted by Crippen LogP contribution is -2.52. The molecule has 1 aromatic rings. The molecule has 0 amide bonds. The van der Waals surface area contributed by atoms with Gasteiger partial charge in [-0.05, 0) is 78.5 Å². The van der Waals surface area contributed by atoms with Crippen LogP contribution in [0.15, 0.2) is 17.3 Å². The van der Waals surface area contributed by atoms with E-state index in [9.17, 15) is 15.1 Å². The van der Waals surface area contributed by atoms with Gasteiger partial charge in [-0.15, -0.1) is 0 Å². The summed E-state index contributed by atoms with van der Waals surface area (Å²) in [5.74, 6) is -0.0869. The Hall–Kier alpha value is -1.84. The number of aliphatic carboxylic acids is 1. The van der Waals surface area contributed by atoms with Crippen LogP contribution in [0.25, 0.3) is 0 Å². The van der Waals surface area contributed by atoms with Crippen LogP contribution in [0.5, 0.6) is 0 Å². The number of fused-ring (bicyclic) bond motifs is 3. The number of benzene rings is 1. The zero-order valence-corrected chi connectivity index (χ0v) is 18.2. The number of rotatable bonds is 4. The van der Waals surface area contributed by atoms with Gasteiger partial charge in [0.05, 0.1) is 11.1 Å². The molecule has 3 atom stereocenters. The molecule has 0 spiro atoms. The molecule has 3 rings (SSSR count). The summed E-state index contributed by atoms with van der Waals surface area (Å²) in [6.45, 7) is 12.7. The zero-order chi connectivity index (χ0) is 20.9. The second-order valence-electron chi connectivity index (χ2n) is 9.98. The number of oxime groups is 1. The fourth-order valence-corrected chi connectivity index (χ4v) is 5.97. The molecule has 0 aromatic heterocycles. The van der Waals surface area contributed by atoms with Gasteiger partial charge in [-0.2, -0.15) is 0 Å². The maximum Gasteiger partial charge on any atom is 0.309 e. The number of carbonyl (C=O) groups is 1. The van der Waals surface area contributed by atoms with Crippen molar-refractivity contribution < 1.29 is 15.1 Å². The summed E-state index contributed by atoms with van der Waals surface area (Å²) < 4.78 is 0. The second kappa shape index (κ2) is 7.20. The molecular formula is C24H35NO3. The normalized spacial score (nSPS) is 30.3. The van der Waals surface area contributed by atoms with Gasteiger partial charge < -0.3 is 10.3 Å². The number of carboxylic acids is 1. The summed E-state index contributed by atoms with van der Waals surface area (Å²) in [5, 5.41) is 23.4. The number of nitrogens with zero attached hydrogens (tertiary/aromatic N) is 1. The first-order valence-electron chi connectivity index (χ1n) is 10.7. The van der Waals surface area contributed by atoms with E-state index < -0.39 is 11.4 Å². The van der Waals surface area contributed by atoms with Crippen LogP contribution < -0.4 is 0 Å².